The van der Waals surface area contributed by atoms with Crippen molar-refractivity contribution >= 4 is 17.9 Å². The van der Waals surface area contributed by atoms with E-state index in [1.54, 1.807) is 14.1 Å². The average molecular weight is 285 g/mol. The summed E-state index contributed by atoms with van der Waals surface area (Å²) in [7, 11) is 4.76. The van der Waals surface area contributed by atoms with Gasteiger partial charge in [-0.25, -0.2) is 9.59 Å². The van der Waals surface area contributed by atoms with Crippen molar-refractivity contribution in [2.75, 3.05) is 34.2 Å². The van der Waals surface area contributed by atoms with Gasteiger partial charge in [-0.1, -0.05) is 12.8 Å². The molecule has 0 saturated carbocycles. The molecule has 1 heterocycles. The zero-order valence-electron chi connectivity index (χ0n) is 12.3. The van der Waals surface area contributed by atoms with E-state index in [1.807, 2.05) is 0 Å². The molecule has 3 amide bonds. The van der Waals surface area contributed by atoms with Crippen molar-refractivity contribution in [1.29, 1.82) is 0 Å². The Bertz CT molecular complexity index is 384. The van der Waals surface area contributed by atoms with Gasteiger partial charge in [0, 0.05) is 27.7 Å². The largest absolute Gasteiger partial charge is 0.480 e. The van der Waals surface area contributed by atoms with Crippen LogP contribution in [-0.4, -0.2) is 78.0 Å². The van der Waals surface area contributed by atoms with Crippen molar-refractivity contribution in [2.24, 2.45) is 0 Å². The van der Waals surface area contributed by atoms with Gasteiger partial charge in [0.25, 0.3) is 0 Å². The first-order valence-corrected chi connectivity index (χ1v) is 6.79. The van der Waals surface area contributed by atoms with Gasteiger partial charge in [-0.15, -0.1) is 0 Å². The summed E-state index contributed by atoms with van der Waals surface area (Å²) in [5.41, 5.74) is 0. The van der Waals surface area contributed by atoms with Gasteiger partial charge >= 0.3 is 12.0 Å². The second-order valence-corrected chi connectivity index (χ2v) is 5.32. The third-order valence-electron chi connectivity index (χ3n) is 3.48. The molecule has 1 atom stereocenters. The molecule has 1 aliphatic heterocycles. The van der Waals surface area contributed by atoms with E-state index >= 15 is 0 Å². The SMILES string of the molecule is CN(C)C(=O)CN(C)C(=O)N1CCCCCC1C(=O)O. The number of rotatable bonds is 3. The van der Waals surface area contributed by atoms with Crippen LogP contribution in [0, 0.1) is 0 Å². The van der Waals surface area contributed by atoms with Crippen molar-refractivity contribution in [2.45, 2.75) is 31.7 Å². The van der Waals surface area contributed by atoms with Gasteiger partial charge in [-0.3, -0.25) is 4.79 Å². The number of aliphatic carboxylic acids is 1. The first-order chi connectivity index (χ1) is 9.34. The zero-order chi connectivity index (χ0) is 15.3. The van der Waals surface area contributed by atoms with E-state index in [-0.39, 0.29) is 12.5 Å². The quantitative estimate of drug-likeness (QED) is 0.816. The van der Waals surface area contributed by atoms with E-state index < -0.39 is 18.0 Å². The third-order valence-corrected chi connectivity index (χ3v) is 3.48. The highest BCUT2D eigenvalue weighted by molar-refractivity contribution is 5.86. The number of nitrogens with zero attached hydrogens (tertiary/aromatic N) is 3. The normalized spacial score (nSPS) is 19.1. The molecule has 7 nitrogen and oxygen atoms in total. The van der Waals surface area contributed by atoms with Crippen LogP contribution in [0.1, 0.15) is 25.7 Å². The Morgan fingerprint density at radius 3 is 2.35 bits per heavy atom. The molecular weight excluding hydrogens is 262 g/mol. The number of hydrogen-bond acceptors (Lipinski definition) is 3. The Morgan fingerprint density at radius 1 is 1.15 bits per heavy atom. The van der Waals surface area contributed by atoms with Crippen molar-refractivity contribution in [3.63, 3.8) is 0 Å². The number of carboxylic acid groups (broad SMARTS) is 1. The minimum atomic E-state index is -0.979. The topological polar surface area (TPSA) is 81.2 Å². The fourth-order valence-electron chi connectivity index (χ4n) is 2.23. The Hall–Kier alpha value is -1.79. The van der Waals surface area contributed by atoms with Crippen molar-refractivity contribution in [3.8, 4) is 0 Å². The smallest absolute Gasteiger partial charge is 0.326 e. The summed E-state index contributed by atoms with van der Waals surface area (Å²) >= 11 is 0. The highest BCUT2D eigenvalue weighted by atomic mass is 16.4. The zero-order valence-corrected chi connectivity index (χ0v) is 12.3. The van der Waals surface area contributed by atoms with Crippen LogP contribution in [0.4, 0.5) is 4.79 Å². The number of hydrogen-bond donors (Lipinski definition) is 1. The molecule has 1 rings (SSSR count). The predicted molar refractivity (Wildman–Crippen MR) is 73.3 cm³/mol. The minimum absolute atomic E-state index is 0.0470. The molecule has 1 N–H and O–H groups in total. The number of amides is 3. The van der Waals surface area contributed by atoms with Crippen LogP contribution in [0.3, 0.4) is 0 Å². The molecule has 1 fully saturated rings. The standard InChI is InChI=1S/C13H23N3O4/c1-14(2)11(17)9-15(3)13(20)16-8-6-4-5-7-10(16)12(18)19/h10H,4-9H2,1-3H3,(H,18,19). The summed E-state index contributed by atoms with van der Waals surface area (Å²) in [4.78, 5) is 39.3. The number of likely N-dealkylation sites (tertiary alicyclic amines) is 1. The maximum absolute atomic E-state index is 12.3. The maximum Gasteiger partial charge on any atom is 0.326 e. The van der Waals surface area contributed by atoms with Crippen molar-refractivity contribution in [1.82, 2.24) is 14.7 Å². The lowest BCUT2D eigenvalue weighted by atomic mass is 10.1. The molecule has 0 bridgehead atoms. The van der Waals surface area contributed by atoms with E-state index in [0.29, 0.717) is 13.0 Å². The molecule has 1 aliphatic rings. The summed E-state index contributed by atoms with van der Waals surface area (Å²) in [6.07, 6.45) is 3.00. The van der Waals surface area contributed by atoms with Crippen LogP contribution in [0.2, 0.25) is 0 Å². The molecule has 1 saturated heterocycles. The molecule has 7 heteroatoms. The number of carbonyl (C=O) groups excluding carboxylic acids is 2. The fourth-order valence-corrected chi connectivity index (χ4v) is 2.23. The number of urea groups is 1. The molecule has 0 aromatic carbocycles. The third kappa shape index (κ3) is 4.11. The summed E-state index contributed by atoms with van der Waals surface area (Å²) < 4.78 is 0. The monoisotopic (exact) mass is 285 g/mol. The first kappa shape index (κ1) is 16.3. The van der Waals surface area contributed by atoms with Gasteiger partial charge in [-0.2, -0.15) is 0 Å². The van der Waals surface area contributed by atoms with Gasteiger partial charge in [0.05, 0.1) is 0 Å². The Labute approximate surface area is 119 Å². The highest BCUT2D eigenvalue weighted by Crippen LogP contribution is 2.18. The van der Waals surface area contributed by atoms with Gasteiger partial charge in [0.2, 0.25) is 5.91 Å². The lowest BCUT2D eigenvalue weighted by Crippen LogP contribution is -2.51. The van der Waals surface area contributed by atoms with Gasteiger partial charge in [-0.05, 0) is 12.8 Å². The minimum Gasteiger partial charge on any atom is -0.480 e. The molecule has 20 heavy (non-hydrogen) atoms. The number of carbonyl (C=O) groups is 3. The van der Waals surface area contributed by atoms with Gasteiger partial charge < -0.3 is 19.8 Å². The molecule has 0 spiro atoms. The van der Waals surface area contributed by atoms with Gasteiger partial charge in [0.1, 0.15) is 12.6 Å². The van der Waals surface area contributed by atoms with Gasteiger partial charge in [0.15, 0.2) is 0 Å². The Kier molecular flexibility index (Phi) is 5.79. The molecule has 0 aliphatic carbocycles. The van der Waals surface area contributed by atoms with E-state index in [2.05, 4.69) is 0 Å². The lowest BCUT2D eigenvalue weighted by Gasteiger charge is -2.31. The van der Waals surface area contributed by atoms with E-state index in [9.17, 15) is 19.5 Å². The molecule has 0 radical (unpaired) electrons. The Morgan fingerprint density at radius 2 is 1.80 bits per heavy atom. The second kappa shape index (κ2) is 7.12. The Balaban J connectivity index is 2.75. The lowest BCUT2D eigenvalue weighted by molar-refractivity contribution is -0.142. The van der Waals surface area contributed by atoms with Crippen LogP contribution in [-0.2, 0) is 9.59 Å². The fraction of sp³-hybridized carbons (Fsp3) is 0.769. The average Bonchev–Trinajstić information content (AvgIpc) is 2.62. The molecule has 0 aromatic rings. The highest BCUT2D eigenvalue weighted by Gasteiger charge is 2.32. The molecule has 114 valence electrons. The summed E-state index contributed by atoms with van der Waals surface area (Å²) in [5, 5.41) is 9.25. The molecule has 1 unspecified atom stereocenters. The molecular formula is C13H23N3O4. The van der Waals surface area contributed by atoms with Crippen LogP contribution in [0.15, 0.2) is 0 Å². The number of likely N-dealkylation sites (N-methyl/N-ethyl adjacent to an activating group) is 2. The maximum atomic E-state index is 12.3. The number of carboxylic acids is 1. The first-order valence-electron chi connectivity index (χ1n) is 6.79. The van der Waals surface area contributed by atoms with Crippen molar-refractivity contribution < 1.29 is 19.5 Å². The predicted octanol–water partition coefficient (Wildman–Crippen LogP) is 0.456. The summed E-state index contributed by atoms with van der Waals surface area (Å²) in [5.74, 6) is -1.17. The summed E-state index contributed by atoms with van der Waals surface area (Å²) in [6.45, 7) is 0.380. The van der Waals surface area contributed by atoms with Crippen molar-refractivity contribution in [3.05, 3.63) is 0 Å². The van der Waals surface area contributed by atoms with E-state index in [0.717, 1.165) is 19.3 Å². The van der Waals surface area contributed by atoms with Crippen LogP contribution < -0.4 is 0 Å². The van der Waals surface area contributed by atoms with Crippen LogP contribution in [0.25, 0.3) is 0 Å². The van der Waals surface area contributed by atoms with Crippen LogP contribution >= 0.6 is 0 Å². The summed E-state index contributed by atoms with van der Waals surface area (Å²) in [6, 6.07) is -1.18. The molecule has 0 aromatic heterocycles. The van der Waals surface area contributed by atoms with E-state index in [1.165, 1.54) is 21.7 Å². The van der Waals surface area contributed by atoms with E-state index in [4.69, 9.17) is 0 Å². The van der Waals surface area contributed by atoms with Crippen LogP contribution in [0.5, 0.6) is 0 Å². The second-order valence-electron chi connectivity index (χ2n) is 5.32.